The quantitative estimate of drug-likeness (QED) is 0.746. The minimum Gasteiger partial charge on any atom is -0.480 e. The molecule has 0 saturated carbocycles. The number of hydrogen-bond acceptors (Lipinski definition) is 4. The standard InChI is InChI=1S/C21H19N3O3/c25-20(24-13-23-17-12-22-16(21(26)27)11-18(17)24)19(14-7-3-1-4-8-14)15-9-5-2-6-10-15/h1-10,13,16,19,22H,11-12H2,(H,26,27). The number of aliphatic carboxylic acids is 1. The SMILES string of the molecule is O=C(O)C1Cc2c(ncn2C(=O)C(c2ccccc2)c2ccccc2)CN1. The minimum absolute atomic E-state index is 0.132. The van der Waals surface area contributed by atoms with Crippen LogP contribution in [0.5, 0.6) is 0 Å². The summed E-state index contributed by atoms with van der Waals surface area (Å²) in [6.45, 7) is 0.341. The third-order valence-corrected chi connectivity index (χ3v) is 4.91. The van der Waals surface area contributed by atoms with E-state index in [-0.39, 0.29) is 12.3 Å². The zero-order valence-electron chi connectivity index (χ0n) is 14.6. The van der Waals surface area contributed by atoms with E-state index < -0.39 is 17.9 Å². The Bertz CT molecular complexity index is 927. The number of carboxylic acids is 1. The second kappa shape index (κ2) is 7.17. The highest BCUT2D eigenvalue weighted by molar-refractivity contribution is 5.90. The normalized spacial score (nSPS) is 16.1. The Morgan fingerprint density at radius 2 is 1.63 bits per heavy atom. The van der Waals surface area contributed by atoms with Gasteiger partial charge < -0.3 is 5.11 Å². The van der Waals surface area contributed by atoms with Gasteiger partial charge in [-0.05, 0) is 11.1 Å². The van der Waals surface area contributed by atoms with E-state index in [4.69, 9.17) is 0 Å². The first-order valence-electron chi connectivity index (χ1n) is 8.80. The Balaban J connectivity index is 1.76. The van der Waals surface area contributed by atoms with Crippen molar-refractivity contribution in [3.63, 3.8) is 0 Å². The van der Waals surface area contributed by atoms with Crippen LogP contribution in [0, 0.1) is 0 Å². The number of carbonyl (C=O) groups excluding carboxylic acids is 1. The van der Waals surface area contributed by atoms with Crippen molar-refractivity contribution in [2.45, 2.75) is 24.9 Å². The van der Waals surface area contributed by atoms with E-state index in [0.29, 0.717) is 12.2 Å². The van der Waals surface area contributed by atoms with Crippen molar-refractivity contribution >= 4 is 11.9 Å². The number of rotatable bonds is 4. The smallest absolute Gasteiger partial charge is 0.321 e. The molecular weight excluding hydrogens is 342 g/mol. The number of carbonyl (C=O) groups is 2. The van der Waals surface area contributed by atoms with Gasteiger partial charge in [-0.25, -0.2) is 4.98 Å². The van der Waals surface area contributed by atoms with Crippen molar-refractivity contribution in [2.75, 3.05) is 0 Å². The van der Waals surface area contributed by atoms with Gasteiger partial charge in [0.15, 0.2) is 0 Å². The van der Waals surface area contributed by atoms with Crippen LogP contribution in [0.3, 0.4) is 0 Å². The molecule has 1 unspecified atom stereocenters. The highest BCUT2D eigenvalue weighted by atomic mass is 16.4. The number of carboxylic acid groups (broad SMARTS) is 1. The Labute approximate surface area is 156 Å². The number of imidazole rings is 1. The van der Waals surface area contributed by atoms with Crippen molar-refractivity contribution in [3.8, 4) is 0 Å². The fraction of sp³-hybridized carbons (Fsp3) is 0.190. The third kappa shape index (κ3) is 3.27. The molecule has 0 saturated heterocycles. The van der Waals surface area contributed by atoms with Gasteiger partial charge in [-0.2, -0.15) is 0 Å². The molecule has 0 amide bonds. The van der Waals surface area contributed by atoms with Crippen LogP contribution in [0.2, 0.25) is 0 Å². The van der Waals surface area contributed by atoms with Gasteiger partial charge in [-0.15, -0.1) is 0 Å². The molecule has 136 valence electrons. The Kier molecular flexibility index (Phi) is 4.56. The van der Waals surface area contributed by atoms with Gasteiger partial charge in [-0.3, -0.25) is 19.5 Å². The van der Waals surface area contributed by atoms with E-state index in [2.05, 4.69) is 10.3 Å². The molecule has 1 atom stereocenters. The molecule has 4 rings (SSSR count). The lowest BCUT2D eigenvalue weighted by Gasteiger charge is -2.23. The van der Waals surface area contributed by atoms with E-state index in [1.807, 2.05) is 60.7 Å². The van der Waals surface area contributed by atoms with Gasteiger partial charge in [0.2, 0.25) is 5.91 Å². The number of nitrogens with zero attached hydrogens (tertiary/aromatic N) is 2. The molecule has 0 bridgehead atoms. The largest absolute Gasteiger partial charge is 0.480 e. The first-order valence-corrected chi connectivity index (χ1v) is 8.80. The zero-order valence-corrected chi connectivity index (χ0v) is 14.6. The van der Waals surface area contributed by atoms with Gasteiger partial charge in [0.05, 0.1) is 17.3 Å². The summed E-state index contributed by atoms with van der Waals surface area (Å²) in [6.07, 6.45) is 1.74. The van der Waals surface area contributed by atoms with Gasteiger partial charge in [-0.1, -0.05) is 60.7 Å². The van der Waals surface area contributed by atoms with Crippen LogP contribution in [0.15, 0.2) is 67.0 Å². The number of hydrogen-bond donors (Lipinski definition) is 2. The molecule has 6 nitrogen and oxygen atoms in total. The van der Waals surface area contributed by atoms with Crippen molar-refractivity contribution in [2.24, 2.45) is 0 Å². The van der Waals surface area contributed by atoms with Crippen molar-refractivity contribution in [1.82, 2.24) is 14.9 Å². The molecule has 0 spiro atoms. The lowest BCUT2D eigenvalue weighted by Crippen LogP contribution is -2.42. The van der Waals surface area contributed by atoms with Crippen LogP contribution in [-0.2, 0) is 17.8 Å². The van der Waals surface area contributed by atoms with E-state index in [1.54, 1.807) is 0 Å². The molecule has 1 aromatic heterocycles. The molecule has 2 N–H and O–H groups in total. The van der Waals surface area contributed by atoms with E-state index >= 15 is 0 Å². The van der Waals surface area contributed by atoms with Crippen LogP contribution >= 0.6 is 0 Å². The maximum Gasteiger partial charge on any atom is 0.321 e. The van der Waals surface area contributed by atoms with Crippen LogP contribution in [0.4, 0.5) is 0 Å². The Hall–Kier alpha value is -3.25. The fourth-order valence-corrected chi connectivity index (χ4v) is 3.53. The highest BCUT2D eigenvalue weighted by Crippen LogP contribution is 2.28. The molecule has 0 aliphatic carbocycles. The summed E-state index contributed by atoms with van der Waals surface area (Å²) < 4.78 is 1.52. The molecule has 0 fully saturated rings. The van der Waals surface area contributed by atoms with E-state index in [9.17, 15) is 14.7 Å². The summed E-state index contributed by atoms with van der Waals surface area (Å²) in [6, 6.07) is 18.5. The molecule has 1 aliphatic heterocycles. The van der Waals surface area contributed by atoms with Crippen LogP contribution in [0.25, 0.3) is 0 Å². The van der Waals surface area contributed by atoms with Crippen LogP contribution in [0.1, 0.15) is 33.2 Å². The zero-order chi connectivity index (χ0) is 18.8. The molecule has 3 aromatic rings. The minimum atomic E-state index is -0.927. The lowest BCUT2D eigenvalue weighted by atomic mass is 9.90. The van der Waals surface area contributed by atoms with Crippen LogP contribution < -0.4 is 5.32 Å². The van der Waals surface area contributed by atoms with E-state index in [0.717, 1.165) is 16.8 Å². The van der Waals surface area contributed by atoms with Gasteiger partial charge in [0.25, 0.3) is 0 Å². The van der Waals surface area contributed by atoms with Crippen LogP contribution in [-0.4, -0.2) is 32.6 Å². The van der Waals surface area contributed by atoms with E-state index in [1.165, 1.54) is 10.9 Å². The summed E-state index contributed by atoms with van der Waals surface area (Å²) in [4.78, 5) is 29.2. The predicted octanol–water partition coefficient (Wildman–Crippen LogP) is 2.45. The Morgan fingerprint density at radius 3 is 2.19 bits per heavy atom. The van der Waals surface area contributed by atoms with Crippen molar-refractivity contribution in [1.29, 1.82) is 0 Å². The summed E-state index contributed by atoms with van der Waals surface area (Å²) in [5.41, 5.74) is 3.17. The average Bonchev–Trinajstić information content (AvgIpc) is 3.13. The fourth-order valence-electron chi connectivity index (χ4n) is 3.53. The molecular formula is C21H19N3O3. The maximum atomic E-state index is 13.5. The predicted molar refractivity (Wildman–Crippen MR) is 99.5 cm³/mol. The number of fused-ring (bicyclic) bond motifs is 1. The number of nitrogens with one attached hydrogen (secondary N) is 1. The highest BCUT2D eigenvalue weighted by Gasteiger charge is 2.31. The first-order chi connectivity index (χ1) is 13.1. The second-order valence-corrected chi connectivity index (χ2v) is 6.58. The van der Waals surface area contributed by atoms with Crippen molar-refractivity contribution in [3.05, 3.63) is 89.5 Å². The number of benzene rings is 2. The topological polar surface area (TPSA) is 84.2 Å². The van der Waals surface area contributed by atoms with Gasteiger partial charge in [0.1, 0.15) is 12.4 Å². The molecule has 0 radical (unpaired) electrons. The molecule has 2 heterocycles. The summed E-state index contributed by atoms with van der Waals surface area (Å²) in [5, 5.41) is 12.3. The summed E-state index contributed by atoms with van der Waals surface area (Å²) in [7, 11) is 0. The Morgan fingerprint density at radius 1 is 1.04 bits per heavy atom. The monoisotopic (exact) mass is 361 g/mol. The molecule has 27 heavy (non-hydrogen) atoms. The lowest BCUT2D eigenvalue weighted by molar-refractivity contribution is -0.139. The third-order valence-electron chi connectivity index (χ3n) is 4.91. The molecule has 1 aliphatic rings. The summed E-state index contributed by atoms with van der Waals surface area (Å²) >= 11 is 0. The van der Waals surface area contributed by atoms with Gasteiger partial charge >= 0.3 is 5.97 Å². The maximum absolute atomic E-state index is 13.5. The summed E-state index contributed by atoms with van der Waals surface area (Å²) in [5.74, 6) is -1.54. The second-order valence-electron chi connectivity index (χ2n) is 6.58. The molecule has 6 heteroatoms. The van der Waals surface area contributed by atoms with Gasteiger partial charge in [0, 0.05) is 13.0 Å². The average molecular weight is 361 g/mol. The van der Waals surface area contributed by atoms with Crippen molar-refractivity contribution < 1.29 is 14.7 Å². The molecule has 2 aromatic carbocycles. The number of aromatic nitrogens is 2. The first kappa shape index (κ1) is 17.2.